The van der Waals surface area contributed by atoms with E-state index in [0.29, 0.717) is 17.6 Å². The van der Waals surface area contributed by atoms with E-state index >= 15 is 0 Å². The molecule has 20 heavy (non-hydrogen) atoms. The smallest absolute Gasteiger partial charge is 0.153 e. The Morgan fingerprint density at radius 2 is 2.10 bits per heavy atom. The maximum Gasteiger partial charge on any atom is 0.153 e. The van der Waals surface area contributed by atoms with Crippen LogP contribution in [0.15, 0.2) is 36.4 Å². The summed E-state index contributed by atoms with van der Waals surface area (Å²) in [6.07, 6.45) is 0.560. The molecule has 0 aliphatic heterocycles. The number of nitrogens with zero attached hydrogens (tertiary/aromatic N) is 1. The van der Waals surface area contributed by atoms with Gasteiger partial charge in [0, 0.05) is 0 Å². The van der Waals surface area contributed by atoms with Crippen LogP contribution in [-0.4, -0.2) is 6.29 Å². The molecule has 0 spiro atoms. The van der Waals surface area contributed by atoms with E-state index in [1.807, 2.05) is 6.92 Å². The molecule has 0 aliphatic rings. The number of carbonyl (C=O) groups excluding carboxylic acids is 1. The van der Waals surface area contributed by atoms with Crippen molar-refractivity contribution in [3.63, 3.8) is 0 Å². The first-order chi connectivity index (χ1) is 9.63. The van der Waals surface area contributed by atoms with Gasteiger partial charge in [-0.25, -0.2) is 4.39 Å². The molecule has 0 aliphatic carbocycles. The lowest BCUT2D eigenvalue weighted by Gasteiger charge is -2.10. The van der Waals surface area contributed by atoms with E-state index in [1.165, 1.54) is 12.1 Å². The highest BCUT2D eigenvalue weighted by Gasteiger charge is 2.06. The number of halogens is 1. The minimum absolute atomic E-state index is 0.177. The van der Waals surface area contributed by atoms with Crippen molar-refractivity contribution < 1.29 is 13.9 Å². The molecule has 2 aromatic carbocycles. The SMILES string of the molecule is Cc1cc(C#N)ccc1COc1ccc(F)cc1C=O. The lowest BCUT2D eigenvalue weighted by Crippen LogP contribution is -2.01. The first-order valence-electron chi connectivity index (χ1n) is 6.01. The molecule has 0 aromatic heterocycles. The standard InChI is InChI=1S/C16H12FNO2/c1-11-6-12(8-18)2-3-13(11)10-20-16-5-4-15(17)7-14(16)9-19/h2-7,9H,10H2,1H3. The lowest BCUT2D eigenvalue weighted by molar-refractivity contribution is 0.111. The summed E-state index contributed by atoms with van der Waals surface area (Å²) in [5, 5.41) is 8.80. The fourth-order valence-corrected chi connectivity index (χ4v) is 1.83. The second-order valence-corrected chi connectivity index (χ2v) is 4.34. The van der Waals surface area contributed by atoms with Crippen LogP contribution in [0.2, 0.25) is 0 Å². The summed E-state index contributed by atoms with van der Waals surface area (Å²) in [4.78, 5) is 10.9. The molecular weight excluding hydrogens is 257 g/mol. The molecule has 0 N–H and O–H groups in total. The molecule has 0 saturated carbocycles. The van der Waals surface area contributed by atoms with Gasteiger partial charge in [-0.05, 0) is 48.4 Å². The van der Waals surface area contributed by atoms with Crippen molar-refractivity contribution in [3.8, 4) is 11.8 Å². The Labute approximate surface area is 116 Å². The zero-order valence-electron chi connectivity index (χ0n) is 10.9. The summed E-state index contributed by atoms with van der Waals surface area (Å²) in [5.74, 6) is -0.140. The van der Waals surface area contributed by atoms with Gasteiger partial charge in [-0.2, -0.15) is 5.26 Å². The van der Waals surface area contributed by atoms with Crippen LogP contribution in [0.3, 0.4) is 0 Å². The minimum Gasteiger partial charge on any atom is -0.488 e. The van der Waals surface area contributed by atoms with Gasteiger partial charge in [0.05, 0.1) is 17.2 Å². The Morgan fingerprint density at radius 3 is 2.75 bits per heavy atom. The number of aryl methyl sites for hydroxylation is 1. The molecule has 0 fully saturated rings. The fraction of sp³-hybridized carbons (Fsp3) is 0.125. The highest BCUT2D eigenvalue weighted by molar-refractivity contribution is 5.79. The number of ether oxygens (including phenoxy) is 1. The van der Waals surface area contributed by atoms with Gasteiger partial charge in [0.25, 0.3) is 0 Å². The number of hydrogen-bond acceptors (Lipinski definition) is 3. The van der Waals surface area contributed by atoms with Gasteiger partial charge in [0.1, 0.15) is 18.2 Å². The van der Waals surface area contributed by atoms with Crippen LogP contribution in [0.1, 0.15) is 27.0 Å². The summed E-state index contributed by atoms with van der Waals surface area (Å²) in [5.41, 5.74) is 2.60. The third-order valence-electron chi connectivity index (χ3n) is 2.95. The van der Waals surface area contributed by atoms with Crippen LogP contribution in [0.4, 0.5) is 4.39 Å². The molecule has 0 unspecified atom stereocenters. The topological polar surface area (TPSA) is 50.1 Å². The Balaban J connectivity index is 2.17. The quantitative estimate of drug-likeness (QED) is 0.799. The molecule has 0 atom stereocenters. The van der Waals surface area contributed by atoms with E-state index in [0.717, 1.165) is 17.2 Å². The van der Waals surface area contributed by atoms with E-state index in [4.69, 9.17) is 10.00 Å². The highest BCUT2D eigenvalue weighted by atomic mass is 19.1. The summed E-state index contributed by atoms with van der Waals surface area (Å²) in [7, 11) is 0. The second-order valence-electron chi connectivity index (χ2n) is 4.34. The fourth-order valence-electron chi connectivity index (χ4n) is 1.83. The lowest BCUT2D eigenvalue weighted by atomic mass is 10.1. The number of benzene rings is 2. The summed E-state index contributed by atoms with van der Waals surface area (Å²) < 4.78 is 18.5. The van der Waals surface area contributed by atoms with Gasteiger partial charge in [-0.15, -0.1) is 0 Å². The summed E-state index contributed by atoms with van der Waals surface area (Å²) >= 11 is 0. The maximum absolute atomic E-state index is 13.0. The number of rotatable bonds is 4. The number of hydrogen-bond donors (Lipinski definition) is 0. The third kappa shape index (κ3) is 3.01. The number of carbonyl (C=O) groups is 1. The Morgan fingerprint density at radius 1 is 1.30 bits per heavy atom. The van der Waals surface area contributed by atoms with Crippen molar-refractivity contribution in [1.82, 2.24) is 0 Å². The van der Waals surface area contributed by atoms with E-state index in [9.17, 15) is 9.18 Å². The zero-order valence-corrected chi connectivity index (χ0v) is 10.9. The maximum atomic E-state index is 13.0. The molecule has 0 saturated heterocycles. The molecule has 0 heterocycles. The van der Waals surface area contributed by atoms with Crippen LogP contribution in [-0.2, 0) is 6.61 Å². The van der Waals surface area contributed by atoms with Gasteiger partial charge < -0.3 is 4.74 Å². The first kappa shape index (κ1) is 13.8. The highest BCUT2D eigenvalue weighted by Crippen LogP contribution is 2.20. The van der Waals surface area contributed by atoms with Crippen molar-refractivity contribution in [2.24, 2.45) is 0 Å². The molecular formula is C16H12FNO2. The van der Waals surface area contributed by atoms with Crippen LogP contribution in [0.25, 0.3) is 0 Å². The first-order valence-corrected chi connectivity index (χ1v) is 6.01. The average molecular weight is 269 g/mol. The number of nitriles is 1. The Hall–Kier alpha value is -2.67. The van der Waals surface area contributed by atoms with Crippen molar-refractivity contribution >= 4 is 6.29 Å². The molecule has 2 aromatic rings. The molecule has 0 amide bonds. The molecule has 2 rings (SSSR count). The monoisotopic (exact) mass is 269 g/mol. The van der Waals surface area contributed by atoms with Gasteiger partial charge in [-0.1, -0.05) is 6.07 Å². The van der Waals surface area contributed by atoms with Gasteiger partial charge in [-0.3, -0.25) is 4.79 Å². The second kappa shape index (κ2) is 5.98. The van der Waals surface area contributed by atoms with Crippen LogP contribution in [0.5, 0.6) is 5.75 Å². The molecule has 4 heteroatoms. The normalized spacial score (nSPS) is 9.85. The summed E-state index contributed by atoms with van der Waals surface area (Å²) in [6, 6.07) is 11.1. The number of aldehydes is 1. The largest absolute Gasteiger partial charge is 0.488 e. The van der Waals surface area contributed by atoms with Crippen molar-refractivity contribution in [2.75, 3.05) is 0 Å². The van der Waals surface area contributed by atoms with E-state index < -0.39 is 5.82 Å². The molecule has 100 valence electrons. The van der Waals surface area contributed by atoms with E-state index in [-0.39, 0.29) is 12.2 Å². The van der Waals surface area contributed by atoms with Crippen LogP contribution < -0.4 is 4.74 Å². The zero-order chi connectivity index (χ0) is 14.5. The van der Waals surface area contributed by atoms with E-state index in [2.05, 4.69) is 6.07 Å². The predicted octanol–water partition coefficient (Wildman–Crippen LogP) is 3.40. The average Bonchev–Trinajstić information content (AvgIpc) is 2.46. The van der Waals surface area contributed by atoms with Gasteiger partial charge in [0.2, 0.25) is 0 Å². The minimum atomic E-state index is -0.478. The summed E-state index contributed by atoms with van der Waals surface area (Å²) in [6.45, 7) is 2.13. The van der Waals surface area contributed by atoms with Crippen molar-refractivity contribution in [3.05, 3.63) is 64.5 Å². The third-order valence-corrected chi connectivity index (χ3v) is 2.95. The van der Waals surface area contributed by atoms with Crippen molar-refractivity contribution in [2.45, 2.75) is 13.5 Å². The molecule has 0 bridgehead atoms. The van der Waals surface area contributed by atoms with Gasteiger partial charge >= 0.3 is 0 Å². The van der Waals surface area contributed by atoms with Gasteiger partial charge in [0.15, 0.2) is 6.29 Å². The van der Waals surface area contributed by atoms with E-state index in [1.54, 1.807) is 18.2 Å². The van der Waals surface area contributed by atoms with Crippen LogP contribution in [0, 0.1) is 24.1 Å². The van der Waals surface area contributed by atoms with Crippen molar-refractivity contribution in [1.29, 1.82) is 5.26 Å². The van der Waals surface area contributed by atoms with Crippen LogP contribution >= 0.6 is 0 Å². The molecule has 0 radical (unpaired) electrons. The Bertz CT molecular complexity index is 689. The molecule has 3 nitrogen and oxygen atoms in total. The Kier molecular flexibility index (Phi) is 4.11. The predicted molar refractivity (Wildman–Crippen MR) is 72.0 cm³/mol.